The zero-order valence-electron chi connectivity index (χ0n) is 8.00. The van der Waals surface area contributed by atoms with Crippen LogP contribution in [0.1, 0.15) is 12.5 Å². The van der Waals surface area contributed by atoms with Crippen molar-refractivity contribution in [2.75, 3.05) is 12.4 Å². The number of ether oxygens (including phenoxy) is 1. The first kappa shape index (κ1) is 10.1. The lowest BCUT2D eigenvalue weighted by atomic mass is 10.2. The molecule has 0 aliphatic heterocycles. The maximum Gasteiger partial charge on any atom is 0.221 e. The Labute approximate surface area is 82.1 Å². The number of carbonyl (C=O) groups is 1. The molecule has 1 rings (SSSR count). The van der Waals surface area contributed by atoms with Gasteiger partial charge < -0.3 is 10.1 Å². The maximum absolute atomic E-state index is 10.8. The lowest BCUT2D eigenvalue weighted by Crippen LogP contribution is -2.07. The van der Waals surface area contributed by atoms with Crippen molar-refractivity contribution < 1.29 is 9.53 Å². The standard InChI is InChI=1S/C10H10N2O2/c1-7(13)12-10-5-9(14-2)4-3-8(10)6-11/h3-5H,1-2H3,(H,12,13). The van der Waals surface area contributed by atoms with E-state index in [1.807, 2.05) is 6.07 Å². The fourth-order valence-corrected chi connectivity index (χ4v) is 1.04. The van der Waals surface area contributed by atoms with Crippen LogP contribution < -0.4 is 10.1 Å². The van der Waals surface area contributed by atoms with Crippen molar-refractivity contribution in [3.63, 3.8) is 0 Å². The Morgan fingerprint density at radius 3 is 2.79 bits per heavy atom. The number of hydrogen-bond acceptors (Lipinski definition) is 3. The summed E-state index contributed by atoms with van der Waals surface area (Å²) >= 11 is 0. The predicted octanol–water partition coefficient (Wildman–Crippen LogP) is 1.53. The van der Waals surface area contributed by atoms with Gasteiger partial charge >= 0.3 is 0 Å². The highest BCUT2D eigenvalue weighted by Crippen LogP contribution is 2.21. The Kier molecular flexibility index (Phi) is 3.08. The molecule has 4 heteroatoms. The summed E-state index contributed by atoms with van der Waals surface area (Å²) in [6.07, 6.45) is 0. The van der Waals surface area contributed by atoms with Crippen LogP contribution in [0.2, 0.25) is 0 Å². The molecule has 1 aromatic rings. The van der Waals surface area contributed by atoms with Gasteiger partial charge in [-0.25, -0.2) is 0 Å². The van der Waals surface area contributed by atoms with Crippen molar-refractivity contribution in [3.05, 3.63) is 23.8 Å². The Morgan fingerprint density at radius 1 is 1.57 bits per heavy atom. The number of methoxy groups -OCH3 is 1. The monoisotopic (exact) mass is 190 g/mol. The molecule has 0 spiro atoms. The molecule has 1 aromatic carbocycles. The average molecular weight is 190 g/mol. The van der Waals surface area contributed by atoms with Gasteiger partial charge in [-0.05, 0) is 12.1 Å². The molecule has 0 saturated heterocycles. The summed E-state index contributed by atoms with van der Waals surface area (Å²) < 4.78 is 4.98. The molecule has 0 aromatic heterocycles. The molecule has 4 nitrogen and oxygen atoms in total. The molecule has 0 heterocycles. The summed E-state index contributed by atoms with van der Waals surface area (Å²) in [6.45, 7) is 1.39. The first-order chi connectivity index (χ1) is 6.67. The molecule has 0 aliphatic rings. The van der Waals surface area contributed by atoms with E-state index in [4.69, 9.17) is 10.00 Å². The molecule has 14 heavy (non-hydrogen) atoms. The van der Waals surface area contributed by atoms with Crippen molar-refractivity contribution in [1.82, 2.24) is 0 Å². The molecule has 72 valence electrons. The van der Waals surface area contributed by atoms with E-state index in [1.54, 1.807) is 18.2 Å². The Balaban J connectivity index is 3.09. The number of hydrogen-bond donors (Lipinski definition) is 1. The average Bonchev–Trinajstić information content (AvgIpc) is 2.16. The van der Waals surface area contributed by atoms with Crippen LogP contribution in [0, 0.1) is 11.3 Å². The predicted molar refractivity (Wildman–Crippen MR) is 52.0 cm³/mol. The van der Waals surface area contributed by atoms with Crippen LogP contribution in [-0.4, -0.2) is 13.0 Å². The minimum atomic E-state index is -0.213. The van der Waals surface area contributed by atoms with Crippen molar-refractivity contribution in [2.24, 2.45) is 0 Å². The molecule has 0 atom stereocenters. The highest BCUT2D eigenvalue weighted by Gasteiger charge is 2.04. The first-order valence-corrected chi connectivity index (χ1v) is 4.03. The van der Waals surface area contributed by atoms with Crippen LogP contribution in [-0.2, 0) is 4.79 Å². The summed E-state index contributed by atoms with van der Waals surface area (Å²) in [6, 6.07) is 6.86. The Hall–Kier alpha value is -2.02. The van der Waals surface area contributed by atoms with Gasteiger partial charge in [-0.3, -0.25) is 4.79 Å². The van der Waals surface area contributed by atoms with Crippen LogP contribution in [0.4, 0.5) is 5.69 Å². The molecule has 0 fully saturated rings. The van der Waals surface area contributed by atoms with Crippen molar-refractivity contribution >= 4 is 11.6 Å². The zero-order valence-corrected chi connectivity index (χ0v) is 8.00. The molecule has 1 amide bonds. The van der Waals surface area contributed by atoms with Crippen molar-refractivity contribution in [2.45, 2.75) is 6.92 Å². The zero-order chi connectivity index (χ0) is 10.6. The van der Waals surface area contributed by atoms with E-state index in [0.717, 1.165) is 0 Å². The summed E-state index contributed by atoms with van der Waals surface area (Å²) in [5.41, 5.74) is 0.889. The van der Waals surface area contributed by atoms with Crippen LogP contribution in [0.3, 0.4) is 0 Å². The van der Waals surface area contributed by atoms with E-state index in [2.05, 4.69) is 5.32 Å². The number of nitrogens with zero attached hydrogens (tertiary/aromatic N) is 1. The van der Waals surface area contributed by atoms with Gasteiger partial charge in [0.2, 0.25) is 5.91 Å². The van der Waals surface area contributed by atoms with Crippen molar-refractivity contribution in [1.29, 1.82) is 5.26 Å². The summed E-state index contributed by atoms with van der Waals surface area (Å²) in [7, 11) is 1.53. The van der Waals surface area contributed by atoms with Crippen LogP contribution >= 0.6 is 0 Å². The van der Waals surface area contributed by atoms with Gasteiger partial charge in [0.25, 0.3) is 0 Å². The molecular formula is C10H10N2O2. The fraction of sp³-hybridized carbons (Fsp3) is 0.200. The number of amides is 1. The van der Waals surface area contributed by atoms with E-state index in [9.17, 15) is 4.79 Å². The number of rotatable bonds is 2. The van der Waals surface area contributed by atoms with Gasteiger partial charge in [0.15, 0.2) is 0 Å². The number of carbonyl (C=O) groups excluding carboxylic acids is 1. The third-order valence-corrected chi connectivity index (χ3v) is 1.66. The first-order valence-electron chi connectivity index (χ1n) is 4.03. The maximum atomic E-state index is 10.8. The van der Waals surface area contributed by atoms with E-state index in [0.29, 0.717) is 17.0 Å². The lowest BCUT2D eigenvalue weighted by Gasteiger charge is -2.06. The summed E-state index contributed by atoms with van der Waals surface area (Å²) in [4.78, 5) is 10.8. The Bertz CT molecular complexity index is 394. The highest BCUT2D eigenvalue weighted by molar-refractivity contribution is 5.90. The van der Waals surface area contributed by atoms with Crippen LogP contribution in [0.25, 0.3) is 0 Å². The van der Waals surface area contributed by atoms with E-state index in [1.165, 1.54) is 14.0 Å². The largest absolute Gasteiger partial charge is 0.497 e. The number of anilines is 1. The van der Waals surface area contributed by atoms with Gasteiger partial charge in [-0.1, -0.05) is 0 Å². The Morgan fingerprint density at radius 2 is 2.29 bits per heavy atom. The third-order valence-electron chi connectivity index (χ3n) is 1.66. The van der Waals surface area contributed by atoms with Crippen LogP contribution in [0.5, 0.6) is 5.75 Å². The molecular weight excluding hydrogens is 180 g/mol. The highest BCUT2D eigenvalue weighted by atomic mass is 16.5. The van der Waals surface area contributed by atoms with Gasteiger partial charge in [0.05, 0.1) is 18.4 Å². The molecule has 1 N–H and O–H groups in total. The van der Waals surface area contributed by atoms with E-state index >= 15 is 0 Å². The SMILES string of the molecule is COc1ccc(C#N)c(NC(C)=O)c1. The minimum Gasteiger partial charge on any atom is -0.497 e. The summed E-state index contributed by atoms with van der Waals surface area (Å²) in [5.74, 6) is 0.391. The molecule has 0 radical (unpaired) electrons. The molecule has 0 bridgehead atoms. The smallest absolute Gasteiger partial charge is 0.221 e. The van der Waals surface area contributed by atoms with Gasteiger partial charge in [0, 0.05) is 13.0 Å². The molecule has 0 saturated carbocycles. The third kappa shape index (κ3) is 2.23. The van der Waals surface area contributed by atoms with Gasteiger partial charge in [0.1, 0.15) is 11.8 Å². The lowest BCUT2D eigenvalue weighted by molar-refractivity contribution is -0.114. The summed E-state index contributed by atoms with van der Waals surface area (Å²) in [5, 5.41) is 11.3. The number of nitriles is 1. The minimum absolute atomic E-state index is 0.213. The fourth-order valence-electron chi connectivity index (χ4n) is 1.04. The number of benzene rings is 1. The molecule has 0 unspecified atom stereocenters. The second kappa shape index (κ2) is 4.28. The normalized spacial score (nSPS) is 8.93. The molecule has 0 aliphatic carbocycles. The second-order valence-electron chi connectivity index (χ2n) is 2.70. The second-order valence-corrected chi connectivity index (χ2v) is 2.70. The number of nitrogens with one attached hydrogen (secondary N) is 1. The van der Waals surface area contributed by atoms with Crippen molar-refractivity contribution in [3.8, 4) is 11.8 Å². The van der Waals surface area contributed by atoms with E-state index in [-0.39, 0.29) is 5.91 Å². The van der Waals surface area contributed by atoms with E-state index < -0.39 is 0 Å². The van der Waals surface area contributed by atoms with Gasteiger partial charge in [-0.2, -0.15) is 5.26 Å². The van der Waals surface area contributed by atoms with Gasteiger partial charge in [-0.15, -0.1) is 0 Å². The quantitative estimate of drug-likeness (QED) is 0.769. The van der Waals surface area contributed by atoms with Crippen LogP contribution in [0.15, 0.2) is 18.2 Å². The topological polar surface area (TPSA) is 62.1 Å².